The van der Waals surface area contributed by atoms with Crippen molar-refractivity contribution in [2.24, 2.45) is 5.10 Å². The van der Waals surface area contributed by atoms with Crippen LogP contribution in [0, 0.1) is 0 Å². The van der Waals surface area contributed by atoms with E-state index in [1.54, 1.807) is 7.11 Å². The summed E-state index contributed by atoms with van der Waals surface area (Å²) in [5, 5.41) is 7.08. The van der Waals surface area contributed by atoms with Crippen LogP contribution in [-0.4, -0.2) is 24.1 Å². The normalized spacial score (nSPS) is 21.2. The van der Waals surface area contributed by atoms with Crippen molar-refractivity contribution in [1.82, 2.24) is 5.01 Å². The van der Waals surface area contributed by atoms with Crippen LogP contribution in [-0.2, 0) is 0 Å². The lowest BCUT2D eigenvalue weighted by Crippen LogP contribution is -2.40. The number of hydrogen-bond acceptors (Lipinski definition) is 4. The first kappa shape index (κ1) is 16.5. The molecular formula is C20H21BrN2O2. The predicted molar refractivity (Wildman–Crippen MR) is 102 cm³/mol. The lowest BCUT2D eigenvalue weighted by molar-refractivity contribution is -0.0223. The number of benzene rings is 2. The molecule has 2 aromatic rings. The van der Waals surface area contributed by atoms with Gasteiger partial charge in [0, 0.05) is 22.9 Å². The van der Waals surface area contributed by atoms with E-state index in [1.807, 2.05) is 18.2 Å². The van der Waals surface area contributed by atoms with E-state index in [9.17, 15) is 0 Å². The highest BCUT2D eigenvalue weighted by molar-refractivity contribution is 9.10. The van der Waals surface area contributed by atoms with E-state index in [0.29, 0.717) is 0 Å². The molecule has 130 valence electrons. The summed E-state index contributed by atoms with van der Waals surface area (Å²) in [5.74, 6) is 1.84. The van der Waals surface area contributed by atoms with Gasteiger partial charge in [0.2, 0.25) is 0 Å². The molecule has 0 aromatic heterocycles. The molecule has 5 heteroatoms. The first-order valence-electron chi connectivity index (χ1n) is 8.66. The van der Waals surface area contributed by atoms with Crippen molar-refractivity contribution in [2.45, 2.75) is 38.5 Å². The van der Waals surface area contributed by atoms with Crippen LogP contribution in [0.1, 0.15) is 43.4 Å². The first-order chi connectivity index (χ1) is 12.2. The molecule has 0 radical (unpaired) electrons. The van der Waals surface area contributed by atoms with Crippen LogP contribution in [0.25, 0.3) is 0 Å². The van der Waals surface area contributed by atoms with Crippen LogP contribution in [0.15, 0.2) is 52.0 Å². The molecule has 0 fully saturated rings. The zero-order valence-corrected chi connectivity index (χ0v) is 16.0. The van der Waals surface area contributed by atoms with Gasteiger partial charge in [-0.1, -0.05) is 29.3 Å². The van der Waals surface area contributed by atoms with E-state index >= 15 is 0 Å². The Morgan fingerprint density at radius 2 is 2.04 bits per heavy atom. The molecule has 0 spiro atoms. The number of fused-ring (bicyclic) bond motifs is 3. The van der Waals surface area contributed by atoms with Crippen molar-refractivity contribution in [1.29, 1.82) is 0 Å². The topological polar surface area (TPSA) is 34.1 Å². The zero-order valence-electron chi connectivity index (χ0n) is 14.4. The lowest BCUT2D eigenvalue weighted by atomic mass is 9.96. The molecule has 0 unspecified atom stereocenters. The summed E-state index contributed by atoms with van der Waals surface area (Å²) in [4.78, 5) is 0. The molecule has 0 aliphatic carbocycles. The van der Waals surface area contributed by atoms with E-state index < -0.39 is 0 Å². The Hall–Kier alpha value is -2.01. The van der Waals surface area contributed by atoms with Gasteiger partial charge in [-0.2, -0.15) is 5.10 Å². The van der Waals surface area contributed by atoms with Crippen molar-refractivity contribution < 1.29 is 9.47 Å². The highest BCUT2D eigenvalue weighted by Crippen LogP contribution is 2.44. The van der Waals surface area contributed by atoms with Gasteiger partial charge in [0.25, 0.3) is 0 Å². The molecule has 2 atom stereocenters. The van der Waals surface area contributed by atoms with E-state index in [2.05, 4.69) is 52.1 Å². The van der Waals surface area contributed by atoms with Gasteiger partial charge in [-0.3, -0.25) is 5.01 Å². The van der Waals surface area contributed by atoms with Crippen molar-refractivity contribution >= 4 is 21.6 Å². The quantitative estimate of drug-likeness (QED) is 0.713. The van der Waals surface area contributed by atoms with Crippen LogP contribution in [0.4, 0.5) is 0 Å². The lowest BCUT2D eigenvalue weighted by Gasteiger charge is -2.38. The largest absolute Gasteiger partial charge is 0.497 e. The van der Waals surface area contributed by atoms with Crippen LogP contribution in [0.3, 0.4) is 0 Å². The molecule has 25 heavy (non-hydrogen) atoms. The van der Waals surface area contributed by atoms with Crippen LogP contribution in [0.2, 0.25) is 0 Å². The number of halogens is 1. The Labute approximate surface area is 156 Å². The van der Waals surface area contributed by atoms with Crippen molar-refractivity contribution in [3.8, 4) is 11.5 Å². The highest BCUT2D eigenvalue weighted by atomic mass is 79.9. The fourth-order valence-electron chi connectivity index (χ4n) is 3.53. The smallest absolute Gasteiger partial charge is 0.187 e. The van der Waals surface area contributed by atoms with Gasteiger partial charge < -0.3 is 9.47 Å². The summed E-state index contributed by atoms with van der Waals surface area (Å²) in [7, 11) is 1.68. The maximum atomic E-state index is 6.24. The number of methoxy groups -OCH3 is 1. The number of hydrazone groups is 1. The van der Waals surface area contributed by atoms with E-state index in [-0.39, 0.29) is 12.3 Å². The van der Waals surface area contributed by atoms with Crippen molar-refractivity contribution in [2.75, 3.05) is 7.11 Å². The Kier molecular flexibility index (Phi) is 4.42. The molecule has 0 saturated carbocycles. The summed E-state index contributed by atoms with van der Waals surface area (Å²) < 4.78 is 12.6. The van der Waals surface area contributed by atoms with Gasteiger partial charge in [0.05, 0.1) is 18.9 Å². The molecule has 2 heterocycles. The molecule has 2 aliphatic heterocycles. The SMILES string of the molecule is CCC[C@@H]1Oc2ccc(Br)cc2[C@@H]2CC(c3ccc(OC)cc3)=NN12. The third kappa shape index (κ3) is 3.01. The van der Waals surface area contributed by atoms with Crippen molar-refractivity contribution in [3.05, 3.63) is 58.1 Å². The predicted octanol–water partition coefficient (Wildman–Crippen LogP) is 5.13. The van der Waals surface area contributed by atoms with Gasteiger partial charge in [0.1, 0.15) is 11.5 Å². The van der Waals surface area contributed by atoms with E-state index in [0.717, 1.165) is 46.5 Å². The van der Waals surface area contributed by atoms with Gasteiger partial charge >= 0.3 is 0 Å². The second-order valence-electron chi connectivity index (χ2n) is 6.42. The van der Waals surface area contributed by atoms with E-state index in [1.165, 1.54) is 5.56 Å². The minimum Gasteiger partial charge on any atom is -0.497 e. The highest BCUT2D eigenvalue weighted by Gasteiger charge is 2.39. The standard InChI is InChI=1S/C20H21BrN2O2/c1-3-4-20-23-18(16-11-14(21)7-10-19(16)25-20)12-17(22-23)13-5-8-15(24-2)9-6-13/h5-11,18,20H,3-4,12H2,1-2H3/t18-,20-/m0/s1. The number of nitrogens with zero attached hydrogens (tertiary/aromatic N) is 2. The van der Waals surface area contributed by atoms with Crippen LogP contribution < -0.4 is 9.47 Å². The van der Waals surface area contributed by atoms with Crippen LogP contribution in [0.5, 0.6) is 11.5 Å². The molecule has 2 aliphatic rings. The van der Waals surface area contributed by atoms with Gasteiger partial charge in [-0.25, -0.2) is 0 Å². The Morgan fingerprint density at radius 3 is 2.76 bits per heavy atom. The molecule has 0 amide bonds. The number of ether oxygens (including phenoxy) is 2. The Bertz CT molecular complexity index is 804. The Morgan fingerprint density at radius 1 is 1.24 bits per heavy atom. The third-order valence-corrected chi connectivity index (χ3v) is 5.28. The number of hydrogen-bond donors (Lipinski definition) is 0. The minimum atomic E-state index is -0.000533. The molecule has 4 nitrogen and oxygen atoms in total. The molecule has 0 N–H and O–H groups in total. The first-order valence-corrected chi connectivity index (χ1v) is 9.45. The second kappa shape index (κ2) is 6.71. The molecule has 0 bridgehead atoms. The number of rotatable bonds is 4. The molecule has 4 rings (SSSR count). The van der Waals surface area contributed by atoms with Crippen molar-refractivity contribution in [3.63, 3.8) is 0 Å². The summed E-state index contributed by atoms with van der Waals surface area (Å²) in [5.41, 5.74) is 3.45. The summed E-state index contributed by atoms with van der Waals surface area (Å²) >= 11 is 3.58. The van der Waals surface area contributed by atoms with Crippen LogP contribution >= 0.6 is 15.9 Å². The maximum absolute atomic E-state index is 6.24. The fraction of sp³-hybridized carbons (Fsp3) is 0.350. The second-order valence-corrected chi connectivity index (χ2v) is 7.33. The minimum absolute atomic E-state index is 0.000533. The third-order valence-electron chi connectivity index (χ3n) is 4.79. The van der Waals surface area contributed by atoms with E-state index in [4.69, 9.17) is 14.6 Å². The molecular weight excluding hydrogens is 380 g/mol. The molecule has 0 saturated heterocycles. The average molecular weight is 401 g/mol. The molecule has 2 aromatic carbocycles. The fourth-order valence-corrected chi connectivity index (χ4v) is 3.91. The summed E-state index contributed by atoms with van der Waals surface area (Å²) in [6.07, 6.45) is 2.91. The zero-order chi connectivity index (χ0) is 17.4. The average Bonchev–Trinajstić information content (AvgIpc) is 3.08. The van der Waals surface area contributed by atoms with Gasteiger partial charge in [-0.15, -0.1) is 0 Å². The van der Waals surface area contributed by atoms with Gasteiger partial charge in [-0.05, 0) is 48.0 Å². The Balaban J connectivity index is 1.69. The summed E-state index contributed by atoms with van der Waals surface area (Å²) in [6, 6.07) is 14.6. The summed E-state index contributed by atoms with van der Waals surface area (Å²) in [6.45, 7) is 2.18. The van der Waals surface area contributed by atoms with Gasteiger partial charge in [0.15, 0.2) is 6.23 Å². The maximum Gasteiger partial charge on any atom is 0.187 e. The monoisotopic (exact) mass is 400 g/mol.